The van der Waals surface area contributed by atoms with Crippen molar-refractivity contribution in [3.05, 3.63) is 59.7 Å². The third-order valence-corrected chi connectivity index (χ3v) is 5.71. The van der Waals surface area contributed by atoms with Crippen LogP contribution >= 0.6 is 11.8 Å². The molecular formula is C22H28N2O2S. The Balaban J connectivity index is 1.74. The zero-order valence-electron chi connectivity index (χ0n) is 16.5. The molecule has 1 atom stereocenters. The number of anilines is 2. The molecule has 27 heavy (non-hydrogen) atoms. The van der Waals surface area contributed by atoms with Crippen molar-refractivity contribution in [2.45, 2.75) is 38.9 Å². The molecule has 1 unspecified atom stereocenters. The van der Waals surface area contributed by atoms with E-state index in [4.69, 9.17) is 0 Å². The van der Waals surface area contributed by atoms with Crippen LogP contribution in [0.5, 0.6) is 0 Å². The van der Waals surface area contributed by atoms with Gasteiger partial charge in [-0.25, -0.2) is 0 Å². The van der Waals surface area contributed by atoms with Gasteiger partial charge in [0.15, 0.2) is 0 Å². The molecule has 0 aliphatic heterocycles. The van der Waals surface area contributed by atoms with Gasteiger partial charge in [-0.2, -0.15) is 0 Å². The van der Waals surface area contributed by atoms with Crippen LogP contribution in [-0.4, -0.2) is 29.9 Å². The van der Waals surface area contributed by atoms with Crippen molar-refractivity contribution in [1.82, 2.24) is 0 Å². The van der Waals surface area contributed by atoms with E-state index in [1.807, 2.05) is 69.3 Å². The molecule has 0 bridgehead atoms. The van der Waals surface area contributed by atoms with Crippen LogP contribution in [0.15, 0.2) is 48.5 Å². The number of hydrogen-bond acceptors (Lipinski definition) is 3. The monoisotopic (exact) mass is 384 g/mol. The van der Waals surface area contributed by atoms with Crippen LogP contribution in [0.1, 0.15) is 30.9 Å². The minimum absolute atomic E-state index is 0.0217. The smallest absolute Gasteiger partial charge is 0.239 e. The first kappa shape index (κ1) is 21.0. The van der Waals surface area contributed by atoms with Gasteiger partial charge in [0, 0.05) is 24.8 Å². The number of amides is 2. The number of nitrogens with zero attached hydrogens (tertiary/aromatic N) is 1. The molecule has 4 nitrogen and oxygen atoms in total. The van der Waals surface area contributed by atoms with Gasteiger partial charge in [0.2, 0.25) is 11.8 Å². The van der Waals surface area contributed by atoms with Crippen LogP contribution < -0.4 is 10.2 Å². The molecule has 0 fully saturated rings. The zero-order chi connectivity index (χ0) is 19.8. The number of rotatable bonds is 8. The predicted octanol–water partition coefficient (Wildman–Crippen LogP) is 4.81. The first-order valence-corrected chi connectivity index (χ1v) is 10.3. The van der Waals surface area contributed by atoms with Crippen LogP contribution in [0.4, 0.5) is 11.4 Å². The van der Waals surface area contributed by atoms with Crippen LogP contribution in [-0.2, 0) is 9.59 Å². The Morgan fingerprint density at radius 2 is 1.67 bits per heavy atom. The molecule has 0 radical (unpaired) electrons. The van der Waals surface area contributed by atoms with Gasteiger partial charge in [-0.15, -0.1) is 11.8 Å². The van der Waals surface area contributed by atoms with Gasteiger partial charge < -0.3 is 10.2 Å². The number of carbonyl (C=O) groups is 2. The van der Waals surface area contributed by atoms with E-state index < -0.39 is 0 Å². The fourth-order valence-corrected chi connectivity index (χ4v) is 3.79. The number of thioether (sulfide) groups is 1. The molecule has 5 heteroatoms. The summed E-state index contributed by atoms with van der Waals surface area (Å²) in [6, 6.07) is 15.6. The second-order valence-electron chi connectivity index (χ2n) is 6.66. The summed E-state index contributed by atoms with van der Waals surface area (Å²) in [6.45, 7) is 5.91. The lowest BCUT2D eigenvalue weighted by molar-refractivity contribution is -0.117. The molecule has 0 saturated carbocycles. The Hall–Kier alpha value is -2.27. The summed E-state index contributed by atoms with van der Waals surface area (Å²) in [4.78, 5) is 26.4. The number of aryl methyl sites for hydroxylation is 2. The van der Waals surface area contributed by atoms with Gasteiger partial charge in [-0.05, 0) is 56.2 Å². The fourth-order valence-electron chi connectivity index (χ4n) is 2.83. The maximum absolute atomic E-state index is 12.5. The summed E-state index contributed by atoms with van der Waals surface area (Å²) in [5.74, 6) is 0.870. The highest BCUT2D eigenvalue weighted by atomic mass is 32.2. The summed E-state index contributed by atoms with van der Waals surface area (Å²) in [5.41, 5.74) is 3.94. The number of carbonyl (C=O) groups excluding carboxylic acids is 2. The zero-order valence-corrected chi connectivity index (χ0v) is 17.3. The number of benzene rings is 2. The second-order valence-corrected chi connectivity index (χ2v) is 8.11. The normalized spacial score (nSPS) is 11.7. The topological polar surface area (TPSA) is 49.4 Å². The van der Waals surface area contributed by atoms with Crippen LogP contribution in [0, 0.1) is 13.8 Å². The molecule has 2 rings (SSSR count). The molecule has 0 aliphatic rings. The highest BCUT2D eigenvalue weighted by Gasteiger charge is 2.19. The summed E-state index contributed by atoms with van der Waals surface area (Å²) in [7, 11) is 1.80. The second kappa shape index (κ2) is 10.2. The van der Waals surface area contributed by atoms with Crippen molar-refractivity contribution in [2.24, 2.45) is 0 Å². The van der Waals surface area contributed by atoms with Gasteiger partial charge in [-0.3, -0.25) is 9.59 Å². The average molecular weight is 385 g/mol. The quantitative estimate of drug-likeness (QED) is 0.665. The van der Waals surface area contributed by atoms with E-state index in [-0.39, 0.29) is 17.1 Å². The number of para-hydroxylation sites is 2. The lowest BCUT2D eigenvalue weighted by Gasteiger charge is -2.21. The van der Waals surface area contributed by atoms with Crippen LogP contribution in [0.3, 0.4) is 0 Å². The highest BCUT2D eigenvalue weighted by Crippen LogP contribution is 2.21. The molecule has 0 aromatic heterocycles. The molecule has 2 amide bonds. The third-order valence-electron chi connectivity index (χ3n) is 4.48. The summed E-state index contributed by atoms with van der Waals surface area (Å²) in [5, 5.41) is 2.86. The maximum Gasteiger partial charge on any atom is 0.239 e. The van der Waals surface area contributed by atoms with Gasteiger partial charge >= 0.3 is 0 Å². The largest absolute Gasteiger partial charge is 0.326 e. The van der Waals surface area contributed by atoms with Crippen molar-refractivity contribution in [2.75, 3.05) is 23.0 Å². The Labute approximate surface area is 166 Å². The maximum atomic E-state index is 12.5. The fraction of sp³-hybridized carbons (Fsp3) is 0.364. The SMILES string of the molecule is Cc1cccc(C)c1NC(=O)CCCSC(C)C(=O)N(C)c1ccccc1. The van der Waals surface area contributed by atoms with E-state index in [2.05, 4.69) is 5.32 Å². The van der Waals surface area contributed by atoms with Gasteiger partial charge in [0.1, 0.15) is 0 Å². The molecule has 0 aliphatic carbocycles. The summed E-state index contributed by atoms with van der Waals surface area (Å²) >= 11 is 1.59. The molecular weight excluding hydrogens is 356 g/mol. The molecule has 0 saturated heterocycles. The lowest BCUT2D eigenvalue weighted by Crippen LogP contribution is -2.33. The van der Waals surface area contributed by atoms with Gasteiger partial charge in [0.05, 0.1) is 5.25 Å². The van der Waals surface area contributed by atoms with E-state index in [1.165, 1.54) is 0 Å². The van der Waals surface area contributed by atoms with Crippen molar-refractivity contribution in [3.8, 4) is 0 Å². The Bertz CT molecular complexity index is 757. The third kappa shape index (κ3) is 6.14. The van der Waals surface area contributed by atoms with Gasteiger partial charge in [-0.1, -0.05) is 36.4 Å². The van der Waals surface area contributed by atoms with Crippen LogP contribution in [0.2, 0.25) is 0 Å². The molecule has 2 aromatic rings. The minimum Gasteiger partial charge on any atom is -0.326 e. The van der Waals surface area contributed by atoms with Crippen molar-refractivity contribution in [3.63, 3.8) is 0 Å². The first-order chi connectivity index (χ1) is 12.9. The average Bonchev–Trinajstić information content (AvgIpc) is 2.67. The predicted molar refractivity (Wildman–Crippen MR) is 116 cm³/mol. The lowest BCUT2D eigenvalue weighted by atomic mass is 10.1. The molecule has 0 spiro atoms. The van der Waals surface area contributed by atoms with Crippen molar-refractivity contribution in [1.29, 1.82) is 0 Å². The van der Waals surface area contributed by atoms with E-state index in [0.29, 0.717) is 6.42 Å². The summed E-state index contributed by atoms with van der Waals surface area (Å²) in [6.07, 6.45) is 1.20. The summed E-state index contributed by atoms with van der Waals surface area (Å²) < 4.78 is 0. The molecule has 2 aromatic carbocycles. The molecule has 0 heterocycles. The Kier molecular flexibility index (Phi) is 7.92. The molecule has 1 N–H and O–H groups in total. The molecule has 144 valence electrons. The number of nitrogens with one attached hydrogen (secondary N) is 1. The standard InChI is InChI=1S/C22H28N2O2S/c1-16-10-8-11-17(2)21(16)23-20(25)14-9-15-27-18(3)22(26)24(4)19-12-6-5-7-13-19/h5-8,10-13,18H,9,14-15H2,1-4H3,(H,23,25). The minimum atomic E-state index is -0.142. The van der Waals surface area contributed by atoms with E-state index >= 15 is 0 Å². The van der Waals surface area contributed by atoms with Crippen molar-refractivity contribution < 1.29 is 9.59 Å². The van der Waals surface area contributed by atoms with Gasteiger partial charge in [0.25, 0.3) is 0 Å². The van der Waals surface area contributed by atoms with Crippen molar-refractivity contribution >= 4 is 35.0 Å². The van der Waals surface area contributed by atoms with Crippen LogP contribution in [0.25, 0.3) is 0 Å². The Morgan fingerprint density at radius 1 is 1.04 bits per heavy atom. The first-order valence-electron chi connectivity index (χ1n) is 9.20. The van der Waals surface area contributed by atoms with E-state index in [0.717, 1.165) is 34.7 Å². The highest BCUT2D eigenvalue weighted by molar-refractivity contribution is 8.00. The Morgan fingerprint density at radius 3 is 2.30 bits per heavy atom. The van der Waals surface area contributed by atoms with E-state index in [9.17, 15) is 9.59 Å². The number of hydrogen-bond donors (Lipinski definition) is 1. The van der Waals surface area contributed by atoms with E-state index in [1.54, 1.807) is 23.7 Å².